The Morgan fingerprint density at radius 1 is 0.867 bits per heavy atom. The zero-order valence-corrected chi connectivity index (χ0v) is 19.8. The molecule has 1 aliphatic carbocycles. The minimum Gasteiger partial charge on any atom is -0.367 e. The first-order valence-corrected chi connectivity index (χ1v) is 12.4. The van der Waals surface area contributed by atoms with Gasteiger partial charge >= 0.3 is 0 Å². The van der Waals surface area contributed by atoms with Crippen molar-refractivity contribution in [2.75, 3.05) is 0 Å². The Bertz CT molecular complexity index is 1160. The first kappa shape index (κ1) is 21.5. The van der Waals surface area contributed by atoms with E-state index in [4.69, 9.17) is 4.74 Å². The highest BCUT2D eigenvalue weighted by Gasteiger charge is 2.31. The first-order chi connectivity index (χ1) is 14.4. The fourth-order valence-corrected chi connectivity index (χ4v) is 5.09. The van der Waals surface area contributed by atoms with Gasteiger partial charge in [0.1, 0.15) is 0 Å². The minimum absolute atomic E-state index is 0.212. The van der Waals surface area contributed by atoms with E-state index in [9.17, 15) is 8.42 Å². The maximum Gasteiger partial charge on any atom is 0.241 e. The molecular weight excluding hydrogens is 530 g/mol. The molecule has 0 bridgehead atoms. The fraction of sp³-hybridized carbons (Fsp3) is 0.130. The number of nitrogens with one attached hydrogen (secondary N) is 1. The molecule has 0 aromatic heterocycles. The molecule has 3 aromatic carbocycles. The lowest BCUT2D eigenvalue weighted by molar-refractivity contribution is 0.0505. The maximum absolute atomic E-state index is 13.1. The van der Waals surface area contributed by atoms with Crippen LogP contribution in [0.15, 0.2) is 92.7 Å². The number of sulfonamides is 1. The van der Waals surface area contributed by atoms with Gasteiger partial charge in [-0.05, 0) is 53.1 Å². The summed E-state index contributed by atoms with van der Waals surface area (Å²) in [6, 6.07) is 21.7. The molecule has 0 amide bonds. The van der Waals surface area contributed by atoms with Gasteiger partial charge in [0.05, 0.1) is 23.6 Å². The number of rotatable bonds is 6. The number of hydrogen-bond donors (Lipinski definition) is 1. The van der Waals surface area contributed by atoms with Crippen LogP contribution in [0.3, 0.4) is 0 Å². The Morgan fingerprint density at radius 3 is 2.20 bits per heavy atom. The maximum atomic E-state index is 13.1. The van der Waals surface area contributed by atoms with Crippen molar-refractivity contribution < 1.29 is 13.2 Å². The SMILES string of the molecule is O=S(=O)(N[C@@H]1c2ccccc2C=C[C@H]1OCc1ccc(Br)cc1)c1ccc(Br)cc1. The van der Waals surface area contributed by atoms with Crippen molar-refractivity contribution >= 4 is 48.0 Å². The third-order valence-electron chi connectivity index (χ3n) is 4.89. The van der Waals surface area contributed by atoms with E-state index < -0.39 is 22.2 Å². The lowest BCUT2D eigenvalue weighted by Gasteiger charge is -2.30. The van der Waals surface area contributed by atoms with Gasteiger partial charge in [0.15, 0.2) is 0 Å². The molecule has 7 heteroatoms. The minimum atomic E-state index is -3.73. The predicted octanol–water partition coefficient (Wildman–Crippen LogP) is 5.84. The van der Waals surface area contributed by atoms with Crippen LogP contribution < -0.4 is 4.72 Å². The van der Waals surface area contributed by atoms with Crippen molar-refractivity contribution in [3.63, 3.8) is 0 Å². The Kier molecular flexibility index (Phi) is 6.55. The van der Waals surface area contributed by atoms with Crippen molar-refractivity contribution in [3.8, 4) is 0 Å². The van der Waals surface area contributed by atoms with Crippen LogP contribution in [0.4, 0.5) is 0 Å². The van der Waals surface area contributed by atoms with E-state index in [2.05, 4.69) is 36.6 Å². The summed E-state index contributed by atoms with van der Waals surface area (Å²) in [7, 11) is -3.73. The monoisotopic (exact) mass is 547 g/mol. The smallest absolute Gasteiger partial charge is 0.241 e. The molecule has 0 radical (unpaired) electrons. The summed E-state index contributed by atoms with van der Waals surface area (Å²) in [5.41, 5.74) is 2.88. The highest BCUT2D eigenvalue weighted by atomic mass is 79.9. The van der Waals surface area contributed by atoms with Gasteiger partial charge in [-0.25, -0.2) is 13.1 Å². The summed E-state index contributed by atoms with van der Waals surface area (Å²) in [5.74, 6) is 0. The number of hydrogen-bond acceptors (Lipinski definition) is 3. The average Bonchev–Trinajstić information content (AvgIpc) is 2.74. The molecule has 0 spiro atoms. The summed E-state index contributed by atoms with van der Waals surface area (Å²) >= 11 is 6.77. The topological polar surface area (TPSA) is 55.4 Å². The highest BCUT2D eigenvalue weighted by Crippen LogP contribution is 2.32. The third-order valence-corrected chi connectivity index (χ3v) is 7.40. The fourth-order valence-electron chi connectivity index (χ4n) is 3.34. The van der Waals surface area contributed by atoms with Crippen molar-refractivity contribution in [3.05, 3.63) is 105 Å². The van der Waals surface area contributed by atoms with Gasteiger partial charge in [0.2, 0.25) is 10.0 Å². The average molecular weight is 549 g/mol. The molecular formula is C23H19Br2NO3S. The normalized spacial score (nSPS) is 18.2. The molecule has 0 saturated carbocycles. The third kappa shape index (κ3) is 4.92. The molecule has 154 valence electrons. The standard InChI is InChI=1S/C23H19Br2NO3S/c24-18-8-5-16(6-9-18)15-29-22-14-7-17-3-1-2-4-21(17)23(22)26-30(27,28)20-12-10-19(25)11-13-20/h1-14,22-23,26H,15H2/t22-,23-/m1/s1. The molecule has 2 atom stereocenters. The van der Waals surface area contributed by atoms with E-state index in [-0.39, 0.29) is 4.90 Å². The Morgan fingerprint density at radius 2 is 1.50 bits per heavy atom. The van der Waals surface area contributed by atoms with Crippen molar-refractivity contribution in [1.29, 1.82) is 0 Å². The number of halogens is 2. The van der Waals surface area contributed by atoms with Gasteiger partial charge in [-0.1, -0.05) is 80.4 Å². The predicted molar refractivity (Wildman–Crippen MR) is 125 cm³/mol. The quantitative estimate of drug-likeness (QED) is 0.421. The molecule has 30 heavy (non-hydrogen) atoms. The zero-order chi connectivity index (χ0) is 21.1. The van der Waals surface area contributed by atoms with E-state index in [1.54, 1.807) is 24.3 Å². The Hall–Kier alpha value is -1.77. The van der Waals surface area contributed by atoms with Gasteiger partial charge in [0, 0.05) is 8.95 Å². The summed E-state index contributed by atoms with van der Waals surface area (Å²) < 4.78 is 37.0. The van der Waals surface area contributed by atoms with E-state index >= 15 is 0 Å². The van der Waals surface area contributed by atoms with Gasteiger partial charge in [-0.3, -0.25) is 0 Å². The largest absolute Gasteiger partial charge is 0.367 e. The van der Waals surface area contributed by atoms with E-state index in [0.717, 1.165) is 25.6 Å². The van der Waals surface area contributed by atoms with Gasteiger partial charge in [-0.2, -0.15) is 0 Å². The summed E-state index contributed by atoms with van der Waals surface area (Å²) in [5, 5.41) is 0. The van der Waals surface area contributed by atoms with Crippen LogP contribution >= 0.6 is 31.9 Å². The zero-order valence-electron chi connectivity index (χ0n) is 15.8. The van der Waals surface area contributed by atoms with Crippen LogP contribution in [0.1, 0.15) is 22.7 Å². The van der Waals surface area contributed by atoms with Crippen molar-refractivity contribution in [1.82, 2.24) is 4.72 Å². The van der Waals surface area contributed by atoms with Crippen LogP contribution in [0.5, 0.6) is 0 Å². The Balaban J connectivity index is 1.61. The number of fused-ring (bicyclic) bond motifs is 1. The van der Waals surface area contributed by atoms with Gasteiger partial charge < -0.3 is 4.74 Å². The van der Waals surface area contributed by atoms with Gasteiger partial charge in [-0.15, -0.1) is 0 Å². The molecule has 0 unspecified atom stereocenters. The second-order valence-electron chi connectivity index (χ2n) is 6.94. The Labute approximate surface area is 193 Å². The molecule has 1 aliphatic rings. The molecule has 0 saturated heterocycles. The van der Waals surface area contributed by atoms with Crippen molar-refractivity contribution in [2.45, 2.75) is 23.6 Å². The number of benzene rings is 3. The second-order valence-corrected chi connectivity index (χ2v) is 10.5. The summed E-state index contributed by atoms with van der Waals surface area (Å²) in [6.45, 7) is 0.376. The van der Waals surface area contributed by atoms with Crippen LogP contribution in [0, 0.1) is 0 Å². The molecule has 4 rings (SSSR count). The molecule has 4 nitrogen and oxygen atoms in total. The lowest BCUT2D eigenvalue weighted by Crippen LogP contribution is -2.38. The van der Waals surface area contributed by atoms with Gasteiger partial charge in [0.25, 0.3) is 0 Å². The summed E-state index contributed by atoms with van der Waals surface area (Å²) in [4.78, 5) is 0.212. The molecule has 0 heterocycles. The molecule has 0 aliphatic heterocycles. The van der Waals surface area contributed by atoms with Crippen LogP contribution in [0.25, 0.3) is 6.08 Å². The van der Waals surface area contributed by atoms with Crippen LogP contribution in [0.2, 0.25) is 0 Å². The molecule has 3 aromatic rings. The molecule has 1 N–H and O–H groups in total. The number of ether oxygens (including phenoxy) is 1. The summed E-state index contributed by atoms with van der Waals surface area (Å²) in [6.07, 6.45) is 3.45. The second kappa shape index (κ2) is 9.16. The van der Waals surface area contributed by atoms with E-state index in [1.807, 2.05) is 60.7 Å². The molecule has 0 fully saturated rings. The first-order valence-electron chi connectivity index (χ1n) is 9.33. The van der Waals surface area contributed by atoms with E-state index in [1.165, 1.54) is 0 Å². The van der Waals surface area contributed by atoms with Crippen LogP contribution in [-0.2, 0) is 21.4 Å². The highest BCUT2D eigenvalue weighted by molar-refractivity contribution is 9.10. The lowest BCUT2D eigenvalue weighted by atomic mass is 9.91. The van der Waals surface area contributed by atoms with Crippen LogP contribution in [-0.4, -0.2) is 14.5 Å². The van der Waals surface area contributed by atoms with Crippen molar-refractivity contribution in [2.24, 2.45) is 0 Å². The van der Waals surface area contributed by atoms with E-state index in [0.29, 0.717) is 6.61 Å².